The molecule has 3 nitrogen and oxygen atoms in total. The van der Waals surface area contributed by atoms with Crippen molar-refractivity contribution in [3.05, 3.63) is 28.2 Å². The van der Waals surface area contributed by atoms with Gasteiger partial charge in [0.2, 0.25) is 5.91 Å². The molecule has 2 rings (SSSR count). The van der Waals surface area contributed by atoms with Crippen molar-refractivity contribution in [1.29, 1.82) is 0 Å². The first-order valence-corrected chi connectivity index (χ1v) is 6.47. The van der Waals surface area contributed by atoms with Crippen LogP contribution in [-0.2, 0) is 11.3 Å². The number of allylic oxidation sites excluding steroid dienone is 2. The van der Waals surface area contributed by atoms with Gasteiger partial charge in [0, 0.05) is 17.0 Å². The van der Waals surface area contributed by atoms with E-state index in [1.54, 1.807) is 11.3 Å². The largest absolute Gasteiger partial charge is 0.349 e. The van der Waals surface area contributed by atoms with E-state index in [1.807, 2.05) is 12.3 Å². The van der Waals surface area contributed by atoms with Gasteiger partial charge in [0.15, 0.2) is 0 Å². The summed E-state index contributed by atoms with van der Waals surface area (Å²) in [7, 11) is 0. The Bertz CT molecular complexity index is 397. The topological polar surface area (TPSA) is 42.0 Å². The van der Waals surface area contributed by atoms with Gasteiger partial charge in [-0.15, -0.1) is 11.3 Å². The van der Waals surface area contributed by atoms with E-state index < -0.39 is 0 Å². The summed E-state index contributed by atoms with van der Waals surface area (Å²) in [5, 5.41) is 5.95. The Labute approximate surface area is 99.6 Å². The number of carbonyl (C=O) groups excluding carboxylic acids is 1. The van der Waals surface area contributed by atoms with Gasteiger partial charge in [0.1, 0.15) is 5.01 Å². The monoisotopic (exact) mass is 236 g/mol. The molecule has 0 saturated heterocycles. The summed E-state index contributed by atoms with van der Waals surface area (Å²) in [4.78, 5) is 16.1. The quantitative estimate of drug-likeness (QED) is 0.819. The number of carbonyl (C=O) groups is 1. The zero-order chi connectivity index (χ0) is 11.4. The second-order valence-corrected chi connectivity index (χ2v) is 5.02. The molecule has 1 aliphatic carbocycles. The molecular weight excluding hydrogens is 220 g/mol. The van der Waals surface area contributed by atoms with Crippen LogP contribution in [0.1, 0.15) is 30.0 Å². The first kappa shape index (κ1) is 11.3. The van der Waals surface area contributed by atoms with Gasteiger partial charge in [-0.2, -0.15) is 0 Å². The van der Waals surface area contributed by atoms with Crippen LogP contribution in [0.15, 0.2) is 17.5 Å². The number of nitrogens with zero attached hydrogens (tertiary/aromatic N) is 1. The zero-order valence-electron chi connectivity index (χ0n) is 9.40. The molecule has 1 aromatic rings. The average molecular weight is 236 g/mol. The van der Waals surface area contributed by atoms with Crippen molar-refractivity contribution in [2.45, 2.75) is 32.7 Å². The Kier molecular flexibility index (Phi) is 3.72. The normalized spacial score (nSPS) is 19.7. The maximum absolute atomic E-state index is 11.8. The van der Waals surface area contributed by atoms with Crippen molar-refractivity contribution in [3.63, 3.8) is 0 Å². The van der Waals surface area contributed by atoms with E-state index in [9.17, 15) is 4.79 Å². The molecule has 0 unspecified atom stereocenters. The van der Waals surface area contributed by atoms with Crippen molar-refractivity contribution in [3.8, 4) is 0 Å². The fraction of sp³-hybridized carbons (Fsp3) is 0.500. The van der Waals surface area contributed by atoms with Crippen LogP contribution in [0.4, 0.5) is 0 Å². The molecule has 1 N–H and O–H groups in total. The predicted octanol–water partition coefficient (Wildman–Crippen LogP) is 2.42. The molecule has 0 fully saturated rings. The molecular formula is C12H16N2OS. The molecule has 86 valence electrons. The van der Waals surface area contributed by atoms with Crippen molar-refractivity contribution in [1.82, 2.24) is 10.3 Å². The van der Waals surface area contributed by atoms with Gasteiger partial charge in [-0.05, 0) is 26.2 Å². The molecule has 0 aliphatic heterocycles. The molecule has 1 atom stereocenters. The number of hydrogen-bond donors (Lipinski definition) is 1. The van der Waals surface area contributed by atoms with Crippen LogP contribution in [0.25, 0.3) is 0 Å². The second-order valence-electron chi connectivity index (χ2n) is 4.08. The standard InChI is InChI=1S/C12H16N2OS/c1-9-8-16-11(14-9)7-13-12(15)10-5-3-2-4-6-10/h2-3,8,10H,4-7H2,1H3,(H,13,15)/t10-/m0/s1. The van der Waals surface area contributed by atoms with E-state index >= 15 is 0 Å². The number of rotatable bonds is 3. The molecule has 0 aromatic carbocycles. The van der Waals surface area contributed by atoms with Crippen LogP contribution < -0.4 is 5.32 Å². The van der Waals surface area contributed by atoms with Crippen LogP contribution in [0, 0.1) is 12.8 Å². The summed E-state index contributed by atoms with van der Waals surface area (Å²) in [6, 6.07) is 0. The van der Waals surface area contributed by atoms with Gasteiger partial charge in [0.25, 0.3) is 0 Å². The number of aromatic nitrogens is 1. The van der Waals surface area contributed by atoms with Crippen molar-refractivity contribution >= 4 is 17.2 Å². The van der Waals surface area contributed by atoms with E-state index in [0.29, 0.717) is 6.54 Å². The SMILES string of the molecule is Cc1csc(CNC(=O)[C@H]2CC=CCC2)n1. The van der Waals surface area contributed by atoms with E-state index in [-0.39, 0.29) is 11.8 Å². The van der Waals surface area contributed by atoms with Crippen molar-refractivity contribution < 1.29 is 4.79 Å². The summed E-state index contributed by atoms with van der Waals surface area (Å²) in [5.41, 5.74) is 1.02. The zero-order valence-corrected chi connectivity index (χ0v) is 10.2. The fourth-order valence-corrected chi connectivity index (χ4v) is 2.53. The van der Waals surface area contributed by atoms with Crippen LogP contribution in [-0.4, -0.2) is 10.9 Å². The van der Waals surface area contributed by atoms with E-state index in [4.69, 9.17) is 0 Å². The highest BCUT2D eigenvalue weighted by Crippen LogP contribution is 2.18. The highest BCUT2D eigenvalue weighted by atomic mass is 32.1. The smallest absolute Gasteiger partial charge is 0.223 e. The number of aryl methyl sites for hydroxylation is 1. The predicted molar refractivity (Wildman–Crippen MR) is 65.2 cm³/mol. The molecule has 0 saturated carbocycles. The lowest BCUT2D eigenvalue weighted by atomic mass is 9.94. The van der Waals surface area contributed by atoms with E-state index in [2.05, 4.69) is 22.5 Å². The van der Waals surface area contributed by atoms with Gasteiger partial charge in [-0.1, -0.05) is 12.2 Å². The van der Waals surface area contributed by atoms with Gasteiger partial charge < -0.3 is 5.32 Å². The molecule has 0 spiro atoms. The first-order valence-electron chi connectivity index (χ1n) is 5.59. The summed E-state index contributed by atoms with van der Waals surface area (Å²) >= 11 is 1.60. The van der Waals surface area contributed by atoms with E-state index in [1.165, 1.54) is 0 Å². The number of hydrogen-bond acceptors (Lipinski definition) is 3. The molecule has 1 aliphatic rings. The number of nitrogens with one attached hydrogen (secondary N) is 1. The average Bonchev–Trinajstić information content (AvgIpc) is 2.73. The van der Waals surface area contributed by atoms with Crippen LogP contribution in [0.3, 0.4) is 0 Å². The third kappa shape index (κ3) is 2.92. The number of thiazole rings is 1. The summed E-state index contributed by atoms with van der Waals surface area (Å²) in [6.45, 7) is 2.53. The lowest BCUT2D eigenvalue weighted by molar-refractivity contribution is -0.125. The summed E-state index contributed by atoms with van der Waals surface area (Å²) in [5.74, 6) is 0.322. The minimum absolute atomic E-state index is 0.158. The molecule has 1 heterocycles. The van der Waals surface area contributed by atoms with Crippen molar-refractivity contribution in [2.24, 2.45) is 5.92 Å². The second kappa shape index (κ2) is 5.25. The Morgan fingerprint density at radius 1 is 1.62 bits per heavy atom. The minimum atomic E-state index is 0.158. The van der Waals surface area contributed by atoms with Crippen LogP contribution in [0.5, 0.6) is 0 Å². The first-order chi connectivity index (χ1) is 7.75. The third-order valence-corrected chi connectivity index (χ3v) is 3.69. The van der Waals surface area contributed by atoms with E-state index in [0.717, 1.165) is 30.0 Å². The molecule has 4 heteroatoms. The molecule has 0 radical (unpaired) electrons. The Morgan fingerprint density at radius 3 is 3.12 bits per heavy atom. The van der Waals surface area contributed by atoms with Gasteiger partial charge in [0.05, 0.1) is 6.54 Å². The summed E-state index contributed by atoms with van der Waals surface area (Å²) < 4.78 is 0. The Morgan fingerprint density at radius 2 is 2.50 bits per heavy atom. The molecule has 1 amide bonds. The minimum Gasteiger partial charge on any atom is -0.349 e. The third-order valence-electron chi connectivity index (χ3n) is 2.72. The highest BCUT2D eigenvalue weighted by Gasteiger charge is 2.18. The fourth-order valence-electron chi connectivity index (χ4n) is 1.82. The lowest BCUT2D eigenvalue weighted by Gasteiger charge is -2.16. The lowest BCUT2D eigenvalue weighted by Crippen LogP contribution is -2.30. The highest BCUT2D eigenvalue weighted by molar-refractivity contribution is 7.09. The van der Waals surface area contributed by atoms with Gasteiger partial charge >= 0.3 is 0 Å². The molecule has 1 aromatic heterocycles. The maximum Gasteiger partial charge on any atom is 0.223 e. The van der Waals surface area contributed by atoms with Crippen molar-refractivity contribution in [2.75, 3.05) is 0 Å². The van der Waals surface area contributed by atoms with Gasteiger partial charge in [-0.3, -0.25) is 4.79 Å². The van der Waals surface area contributed by atoms with Gasteiger partial charge in [-0.25, -0.2) is 4.98 Å². The number of amides is 1. The van der Waals surface area contributed by atoms with Crippen LogP contribution in [0.2, 0.25) is 0 Å². The molecule has 0 bridgehead atoms. The summed E-state index contributed by atoms with van der Waals surface area (Å²) in [6.07, 6.45) is 7.12. The maximum atomic E-state index is 11.8. The van der Waals surface area contributed by atoms with Crippen LogP contribution >= 0.6 is 11.3 Å². The Hall–Kier alpha value is -1.16. The molecule has 16 heavy (non-hydrogen) atoms. The Balaban J connectivity index is 1.81.